The lowest BCUT2D eigenvalue weighted by Gasteiger charge is -2.27. The van der Waals surface area contributed by atoms with Crippen molar-refractivity contribution in [1.29, 1.82) is 0 Å². The summed E-state index contributed by atoms with van der Waals surface area (Å²) in [7, 11) is 12.3. The van der Waals surface area contributed by atoms with Crippen molar-refractivity contribution < 1.29 is 17.9 Å². The van der Waals surface area contributed by atoms with Crippen LogP contribution in [0.3, 0.4) is 0 Å². The number of aromatic nitrogens is 1. The summed E-state index contributed by atoms with van der Waals surface area (Å²) in [6.07, 6.45) is 5.56. The zero-order valence-corrected chi connectivity index (χ0v) is 16.1. The van der Waals surface area contributed by atoms with E-state index < -0.39 is 17.0 Å². The summed E-state index contributed by atoms with van der Waals surface area (Å²) >= 11 is 0. The van der Waals surface area contributed by atoms with E-state index in [1.54, 1.807) is 18.2 Å². The van der Waals surface area contributed by atoms with E-state index in [2.05, 4.69) is 4.98 Å². The fraction of sp³-hybridized carbons (Fsp3) is 0.318. The van der Waals surface area contributed by atoms with Crippen LogP contribution in [0, 0.1) is 18.6 Å². The normalized spacial score (nSPS) is 15.0. The van der Waals surface area contributed by atoms with Crippen molar-refractivity contribution in [2.75, 3.05) is 0 Å². The van der Waals surface area contributed by atoms with Gasteiger partial charge in [0.25, 0.3) is 0 Å². The number of oxazole rings is 1. The van der Waals surface area contributed by atoms with E-state index in [0.29, 0.717) is 5.89 Å². The molecule has 3 aromatic rings. The highest BCUT2D eigenvalue weighted by Crippen LogP contribution is 2.38. The molecule has 0 spiro atoms. The number of ether oxygens (including phenoxy) is 1. The molecule has 0 N–H and O–H groups in total. The van der Waals surface area contributed by atoms with Gasteiger partial charge >= 0.3 is 0 Å². The average molecular weight is 389 g/mol. The van der Waals surface area contributed by atoms with E-state index in [9.17, 15) is 8.78 Å². The molecule has 0 aliphatic heterocycles. The summed E-state index contributed by atoms with van der Waals surface area (Å²) in [4.78, 5) is 4.39. The van der Waals surface area contributed by atoms with Crippen LogP contribution in [-0.2, 0) is 5.40 Å². The number of nitrogens with zero attached hydrogens (tertiary/aromatic N) is 1. The van der Waals surface area contributed by atoms with Gasteiger partial charge in [0.05, 0.1) is 5.40 Å². The quantitative estimate of drug-likeness (QED) is 0.569. The van der Waals surface area contributed by atoms with Crippen LogP contribution in [0.25, 0.3) is 11.1 Å². The number of para-hydroxylation sites is 1. The predicted molar refractivity (Wildman–Crippen MR) is 108 cm³/mol. The first-order chi connectivity index (χ1) is 13.8. The third-order valence-corrected chi connectivity index (χ3v) is 5.28. The van der Waals surface area contributed by atoms with Crippen LogP contribution in [0.2, 0.25) is 0 Å². The summed E-state index contributed by atoms with van der Waals surface area (Å²) < 4.78 is 40.3. The second kappa shape index (κ2) is 7.69. The molecular formula is C22H19B2F2NO2. The maximum atomic E-state index is 14.7. The Balaban J connectivity index is 1.69. The summed E-state index contributed by atoms with van der Waals surface area (Å²) in [5.74, 6) is -0.670. The first-order valence-electron chi connectivity index (χ1n) is 9.63. The van der Waals surface area contributed by atoms with Crippen LogP contribution in [-0.4, -0.2) is 20.7 Å². The zero-order chi connectivity index (χ0) is 20.6. The van der Waals surface area contributed by atoms with Crippen molar-refractivity contribution in [3.05, 3.63) is 71.4 Å². The largest absolute Gasteiger partial charge is 0.497 e. The topological polar surface area (TPSA) is 35.3 Å². The average Bonchev–Trinajstić information content (AvgIpc) is 3.37. The molecule has 2 aromatic carbocycles. The van der Waals surface area contributed by atoms with Crippen molar-refractivity contribution in [3.8, 4) is 16.9 Å². The maximum Gasteiger partial charge on any atom is 0.197 e. The van der Waals surface area contributed by atoms with Crippen molar-refractivity contribution in [3.63, 3.8) is 0 Å². The Morgan fingerprint density at radius 3 is 2.59 bits per heavy atom. The van der Waals surface area contributed by atoms with Crippen LogP contribution in [0.15, 0.2) is 47.1 Å². The highest BCUT2D eigenvalue weighted by Gasteiger charge is 2.31. The van der Waals surface area contributed by atoms with E-state index >= 15 is 0 Å². The van der Waals surface area contributed by atoms with Gasteiger partial charge in [-0.3, -0.25) is 0 Å². The third-order valence-electron chi connectivity index (χ3n) is 5.28. The second-order valence-corrected chi connectivity index (χ2v) is 7.55. The molecule has 0 bridgehead atoms. The van der Waals surface area contributed by atoms with Gasteiger partial charge in [0.15, 0.2) is 17.5 Å². The molecule has 0 unspecified atom stereocenters. The number of halogens is 2. The Labute approximate surface area is 171 Å². The lowest BCUT2D eigenvalue weighted by atomic mass is 9.63. The van der Waals surface area contributed by atoms with Crippen LogP contribution in [0.1, 0.15) is 48.7 Å². The van der Waals surface area contributed by atoms with Gasteiger partial charge in [-0.05, 0) is 38.0 Å². The maximum absolute atomic E-state index is 14.7. The van der Waals surface area contributed by atoms with Crippen LogP contribution < -0.4 is 4.74 Å². The molecule has 1 aromatic heterocycles. The molecule has 29 heavy (non-hydrogen) atoms. The smallest absolute Gasteiger partial charge is 0.197 e. The van der Waals surface area contributed by atoms with Gasteiger partial charge in [-0.2, -0.15) is 0 Å². The molecule has 1 aliphatic rings. The first kappa shape index (κ1) is 19.7. The van der Waals surface area contributed by atoms with Gasteiger partial charge < -0.3 is 9.15 Å². The molecule has 1 saturated carbocycles. The molecule has 7 heteroatoms. The Morgan fingerprint density at radius 2 is 1.83 bits per heavy atom. The molecule has 0 atom stereocenters. The summed E-state index contributed by atoms with van der Waals surface area (Å²) in [6.45, 7) is 1.82. The zero-order valence-electron chi connectivity index (χ0n) is 16.1. The number of benzene rings is 2. The fourth-order valence-corrected chi connectivity index (χ4v) is 3.72. The monoisotopic (exact) mass is 389 g/mol. The molecule has 0 amide bonds. The molecule has 4 radical (unpaired) electrons. The minimum absolute atomic E-state index is 0.151. The standard InChI is InChI=1S/C22H19B2F2NO2/c1-13-9-10-17(25)16(11-13)15-7-4-8-18(26)20(15)29-22(23,24)19-12-28-21(27-19)14-5-2-3-6-14/h4,7-12,14H,2-3,5-6H2,1H3. The first-order valence-corrected chi connectivity index (χ1v) is 9.63. The SMILES string of the molecule is [B]C([B])(Oc1c(F)cccc1-c1cc(C)ccc1F)c1coc(C2CCCC2)n1. The molecule has 1 fully saturated rings. The second-order valence-electron chi connectivity index (χ2n) is 7.55. The lowest BCUT2D eigenvalue weighted by molar-refractivity contribution is 0.229. The van der Waals surface area contributed by atoms with Gasteiger partial charge in [0.2, 0.25) is 0 Å². The summed E-state index contributed by atoms with van der Waals surface area (Å²) in [5, 5.41) is -1.95. The van der Waals surface area contributed by atoms with E-state index in [4.69, 9.17) is 24.8 Å². The van der Waals surface area contributed by atoms with E-state index in [1.165, 1.54) is 24.5 Å². The fourth-order valence-electron chi connectivity index (χ4n) is 3.72. The lowest BCUT2D eigenvalue weighted by Crippen LogP contribution is -2.35. The molecule has 1 aliphatic carbocycles. The van der Waals surface area contributed by atoms with Crippen molar-refractivity contribution >= 4 is 15.7 Å². The van der Waals surface area contributed by atoms with Crippen molar-refractivity contribution in [1.82, 2.24) is 4.98 Å². The van der Waals surface area contributed by atoms with Crippen molar-refractivity contribution in [2.45, 2.75) is 43.9 Å². The Bertz CT molecular complexity index is 1030. The minimum Gasteiger partial charge on any atom is -0.497 e. The Morgan fingerprint density at radius 1 is 1.07 bits per heavy atom. The van der Waals surface area contributed by atoms with Gasteiger partial charge in [0, 0.05) is 17.0 Å². The minimum atomic E-state index is -1.95. The third kappa shape index (κ3) is 3.96. The summed E-state index contributed by atoms with van der Waals surface area (Å²) in [5.41, 5.74) is 1.38. The van der Waals surface area contributed by atoms with Crippen LogP contribution in [0.4, 0.5) is 8.78 Å². The number of aryl methyl sites for hydroxylation is 1. The predicted octanol–water partition coefficient (Wildman–Crippen LogP) is 5.11. The van der Waals surface area contributed by atoms with Gasteiger partial charge in [0.1, 0.15) is 33.5 Å². The number of hydrogen-bond acceptors (Lipinski definition) is 3. The van der Waals surface area contributed by atoms with Gasteiger partial charge in [-0.1, -0.05) is 36.6 Å². The van der Waals surface area contributed by atoms with Gasteiger partial charge in [-0.15, -0.1) is 0 Å². The highest BCUT2D eigenvalue weighted by molar-refractivity contribution is 6.38. The Hall–Kier alpha value is -2.56. The van der Waals surface area contributed by atoms with Crippen molar-refractivity contribution in [2.24, 2.45) is 0 Å². The van der Waals surface area contributed by atoms with E-state index in [-0.39, 0.29) is 28.5 Å². The highest BCUT2D eigenvalue weighted by atomic mass is 19.1. The molecular weight excluding hydrogens is 370 g/mol. The number of rotatable bonds is 5. The number of hydrogen-bond donors (Lipinski definition) is 0. The summed E-state index contributed by atoms with van der Waals surface area (Å²) in [6, 6.07) is 8.80. The van der Waals surface area contributed by atoms with E-state index in [1.807, 2.05) is 6.92 Å². The Kier molecular flexibility index (Phi) is 5.24. The molecule has 1 heterocycles. The van der Waals surface area contributed by atoms with Crippen LogP contribution in [0.5, 0.6) is 5.75 Å². The molecule has 4 rings (SSSR count). The molecule has 144 valence electrons. The van der Waals surface area contributed by atoms with E-state index in [0.717, 1.165) is 31.2 Å². The molecule has 0 saturated heterocycles. The van der Waals surface area contributed by atoms with Crippen LogP contribution >= 0.6 is 0 Å². The van der Waals surface area contributed by atoms with Gasteiger partial charge in [-0.25, -0.2) is 13.8 Å². The molecule has 3 nitrogen and oxygen atoms in total.